The van der Waals surface area contributed by atoms with E-state index in [0.29, 0.717) is 18.8 Å². The summed E-state index contributed by atoms with van der Waals surface area (Å²) in [5.74, 6) is 0.636. The number of hydrogen-bond acceptors (Lipinski definition) is 3. The van der Waals surface area contributed by atoms with Crippen molar-refractivity contribution in [2.45, 2.75) is 45.1 Å². The molecule has 16 heavy (non-hydrogen) atoms. The van der Waals surface area contributed by atoms with Gasteiger partial charge in [0, 0.05) is 18.6 Å². The lowest BCUT2D eigenvalue weighted by Crippen LogP contribution is -2.45. The van der Waals surface area contributed by atoms with Gasteiger partial charge in [0.15, 0.2) is 0 Å². The van der Waals surface area contributed by atoms with E-state index in [4.69, 9.17) is 5.11 Å². The maximum Gasteiger partial charge on any atom is 0.220 e. The molecule has 0 aromatic rings. The average Bonchev–Trinajstić information content (AvgIpc) is 2.17. The molecule has 0 bridgehead atoms. The number of nitrogens with one attached hydrogen (secondary N) is 2. The largest absolute Gasteiger partial charge is 0.396 e. The predicted octanol–water partition coefficient (Wildman–Crippen LogP) is 0.653. The number of piperidine rings is 1. The highest BCUT2D eigenvalue weighted by molar-refractivity contribution is 5.76. The molecule has 1 rings (SSSR count). The molecular weight excluding hydrogens is 204 g/mol. The summed E-state index contributed by atoms with van der Waals surface area (Å²) in [6, 6.07) is 0. The zero-order valence-electron chi connectivity index (χ0n) is 10.4. The lowest BCUT2D eigenvalue weighted by Gasteiger charge is -2.28. The molecule has 0 atom stereocenters. The first-order valence-corrected chi connectivity index (χ1v) is 6.16. The van der Waals surface area contributed by atoms with Gasteiger partial charge in [-0.05, 0) is 52.1 Å². The van der Waals surface area contributed by atoms with Gasteiger partial charge in [0.25, 0.3) is 0 Å². The van der Waals surface area contributed by atoms with Crippen LogP contribution in [0, 0.1) is 5.92 Å². The third kappa shape index (κ3) is 4.94. The summed E-state index contributed by atoms with van der Waals surface area (Å²) < 4.78 is 0. The molecular formula is C12H24N2O2. The van der Waals surface area contributed by atoms with Gasteiger partial charge in [0.1, 0.15) is 0 Å². The minimum Gasteiger partial charge on any atom is -0.396 e. The monoisotopic (exact) mass is 228 g/mol. The molecule has 0 saturated carbocycles. The van der Waals surface area contributed by atoms with Gasteiger partial charge in [-0.2, -0.15) is 0 Å². The van der Waals surface area contributed by atoms with Crippen molar-refractivity contribution in [2.24, 2.45) is 5.92 Å². The molecule has 3 N–H and O–H groups in total. The van der Waals surface area contributed by atoms with Crippen LogP contribution in [0.2, 0.25) is 0 Å². The molecule has 1 aliphatic rings. The van der Waals surface area contributed by atoms with E-state index in [9.17, 15) is 4.79 Å². The SMILES string of the molecule is CC(C)(CCO)NC(=O)CC1CCNCC1. The third-order valence-electron chi connectivity index (χ3n) is 3.15. The van der Waals surface area contributed by atoms with Crippen molar-refractivity contribution >= 4 is 5.91 Å². The standard InChI is InChI=1S/C12H24N2O2/c1-12(2,5-8-15)14-11(16)9-10-3-6-13-7-4-10/h10,13,15H,3-9H2,1-2H3,(H,14,16). The van der Waals surface area contributed by atoms with E-state index in [0.717, 1.165) is 25.9 Å². The molecule has 1 amide bonds. The molecule has 4 heteroatoms. The molecule has 1 aliphatic heterocycles. The molecule has 4 nitrogen and oxygen atoms in total. The Morgan fingerprint density at radius 1 is 1.44 bits per heavy atom. The molecule has 0 aromatic heterocycles. The Morgan fingerprint density at radius 2 is 2.06 bits per heavy atom. The fourth-order valence-corrected chi connectivity index (χ4v) is 2.12. The molecule has 94 valence electrons. The van der Waals surface area contributed by atoms with Crippen molar-refractivity contribution in [1.82, 2.24) is 10.6 Å². The first-order valence-electron chi connectivity index (χ1n) is 6.16. The summed E-state index contributed by atoms with van der Waals surface area (Å²) >= 11 is 0. The Kier molecular flexibility index (Phi) is 5.22. The zero-order valence-corrected chi connectivity index (χ0v) is 10.4. The van der Waals surface area contributed by atoms with Crippen LogP contribution in [0.3, 0.4) is 0 Å². The van der Waals surface area contributed by atoms with Crippen LogP contribution in [-0.2, 0) is 4.79 Å². The minimum absolute atomic E-state index is 0.112. The van der Waals surface area contributed by atoms with Gasteiger partial charge in [-0.3, -0.25) is 4.79 Å². The Balaban J connectivity index is 2.28. The Bertz CT molecular complexity index is 223. The van der Waals surface area contributed by atoms with E-state index >= 15 is 0 Å². The summed E-state index contributed by atoms with van der Waals surface area (Å²) in [6.45, 7) is 6.06. The lowest BCUT2D eigenvalue weighted by molar-refractivity contribution is -0.123. The first kappa shape index (κ1) is 13.5. The Labute approximate surface area is 97.8 Å². The van der Waals surface area contributed by atoms with Crippen molar-refractivity contribution in [2.75, 3.05) is 19.7 Å². The molecule has 1 saturated heterocycles. The highest BCUT2D eigenvalue weighted by Crippen LogP contribution is 2.17. The number of hydrogen-bond donors (Lipinski definition) is 3. The third-order valence-corrected chi connectivity index (χ3v) is 3.15. The van der Waals surface area contributed by atoms with Crippen LogP contribution in [0.1, 0.15) is 39.5 Å². The number of carbonyl (C=O) groups is 1. The van der Waals surface area contributed by atoms with E-state index in [1.807, 2.05) is 13.8 Å². The maximum absolute atomic E-state index is 11.8. The van der Waals surface area contributed by atoms with Crippen LogP contribution < -0.4 is 10.6 Å². The zero-order chi connectivity index (χ0) is 12.0. The van der Waals surface area contributed by atoms with E-state index < -0.39 is 0 Å². The van der Waals surface area contributed by atoms with E-state index in [2.05, 4.69) is 10.6 Å². The summed E-state index contributed by atoms with van der Waals surface area (Å²) in [6.07, 6.45) is 3.41. The van der Waals surface area contributed by atoms with Crippen molar-refractivity contribution in [3.63, 3.8) is 0 Å². The van der Waals surface area contributed by atoms with Gasteiger partial charge in [0.05, 0.1) is 0 Å². The van der Waals surface area contributed by atoms with E-state index in [1.165, 1.54) is 0 Å². The normalized spacial score (nSPS) is 18.4. The van der Waals surface area contributed by atoms with Crippen molar-refractivity contribution < 1.29 is 9.90 Å². The van der Waals surface area contributed by atoms with E-state index in [-0.39, 0.29) is 18.1 Å². The van der Waals surface area contributed by atoms with Crippen molar-refractivity contribution in [3.8, 4) is 0 Å². The van der Waals surface area contributed by atoms with Crippen LogP contribution >= 0.6 is 0 Å². The van der Waals surface area contributed by atoms with Crippen LogP contribution in [0.25, 0.3) is 0 Å². The molecule has 0 spiro atoms. The fraction of sp³-hybridized carbons (Fsp3) is 0.917. The molecule has 0 unspecified atom stereocenters. The molecule has 0 radical (unpaired) electrons. The second-order valence-corrected chi connectivity index (χ2v) is 5.30. The summed E-state index contributed by atoms with van der Waals surface area (Å²) in [5, 5.41) is 15.2. The van der Waals surface area contributed by atoms with Crippen LogP contribution in [0.4, 0.5) is 0 Å². The van der Waals surface area contributed by atoms with Crippen LogP contribution in [0.15, 0.2) is 0 Å². The number of carbonyl (C=O) groups excluding carboxylic acids is 1. The minimum atomic E-state index is -0.293. The van der Waals surface area contributed by atoms with Crippen molar-refractivity contribution in [3.05, 3.63) is 0 Å². The molecule has 1 heterocycles. The topological polar surface area (TPSA) is 61.4 Å². The van der Waals surface area contributed by atoms with E-state index in [1.54, 1.807) is 0 Å². The maximum atomic E-state index is 11.8. The summed E-state index contributed by atoms with van der Waals surface area (Å²) in [4.78, 5) is 11.8. The number of rotatable bonds is 5. The lowest BCUT2D eigenvalue weighted by atomic mass is 9.93. The number of amides is 1. The highest BCUT2D eigenvalue weighted by Gasteiger charge is 2.22. The molecule has 0 aromatic carbocycles. The first-order chi connectivity index (χ1) is 7.53. The smallest absolute Gasteiger partial charge is 0.220 e. The Morgan fingerprint density at radius 3 is 2.62 bits per heavy atom. The highest BCUT2D eigenvalue weighted by atomic mass is 16.3. The van der Waals surface area contributed by atoms with Gasteiger partial charge < -0.3 is 15.7 Å². The van der Waals surface area contributed by atoms with Crippen LogP contribution in [0.5, 0.6) is 0 Å². The number of aliphatic hydroxyl groups is 1. The Hall–Kier alpha value is -0.610. The number of aliphatic hydroxyl groups excluding tert-OH is 1. The van der Waals surface area contributed by atoms with Gasteiger partial charge in [0.2, 0.25) is 5.91 Å². The van der Waals surface area contributed by atoms with Gasteiger partial charge >= 0.3 is 0 Å². The van der Waals surface area contributed by atoms with Crippen LogP contribution in [-0.4, -0.2) is 36.2 Å². The summed E-state index contributed by atoms with van der Waals surface area (Å²) in [5.41, 5.74) is -0.293. The molecule has 0 aliphatic carbocycles. The average molecular weight is 228 g/mol. The second-order valence-electron chi connectivity index (χ2n) is 5.30. The fourth-order valence-electron chi connectivity index (χ4n) is 2.12. The quantitative estimate of drug-likeness (QED) is 0.647. The van der Waals surface area contributed by atoms with Gasteiger partial charge in [-0.25, -0.2) is 0 Å². The van der Waals surface area contributed by atoms with Gasteiger partial charge in [-0.15, -0.1) is 0 Å². The summed E-state index contributed by atoms with van der Waals surface area (Å²) in [7, 11) is 0. The second kappa shape index (κ2) is 6.21. The predicted molar refractivity (Wildman–Crippen MR) is 64.1 cm³/mol. The van der Waals surface area contributed by atoms with Crippen molar-refractivity contribution in [1.29, 1.82) is 0 Å². The van der Waals surface area contributed by atoms with Gasteiger partial charge in [-0.1, -0.05) is 0 Å². The molecule has 1 fully saturated rings.